The zero-order chi connectivity index (χ0) is 10.7. The van der Waals surface area contributed by atoms with Gasteiger partial charge in [-0.25, -0.2) is 0 Å². The molecule has 0 spiro atoms. The predicted octanol–water partition coefficient (Wildman–Crippen LogP) is 3.28. The molecule has 1 unspecified atom stereocenters. The quantitative estimate of drug-likeness (QED) is 0.774. The Balaban J connectivity index is 1.96. The van der Waals surface area contributed by atoms with Gasteiger partial charge in [0.15, 0.2) is 0 Å². The van der Waals surface area contributed by atoms with Crippen LogP contribution in [0.3, 0.4) is 0 Å². The largest absolute Gasteiger partial charge is 0.385 e. The van der Waals surface area contributed by atoms with Gasteiger partial charge >= 0.3 is 0 Å². The fourth-order valence-corrected chi connectivity index (χ4v) is 2.16. The minimum atomic E-state index is 0.636. The minimum Gasteiger partial charge on any atom is -0.385 e. The summed E-state index contributed by atoms with van der Waals surface area (Å²) in [6.45, 7) is 4.38. The van der Waals surface area contributed by atoms with Crippen LogP contribution in [0.4, 0.5) is 0 Å². The third-order valence-electron chi connectivity index (χ3n) is 3.05. The Kier molecular flexibility index (Phi) is 3.10. The predicted molar refractivity (Wildman–Crippen MR) is 64.7 cm³/mol. The highest BCUT2D eigenvalue weighted by Crippen LogP contribution is 2.21. The average Bonchev–Trinajstić information content (AvgIpc) is 2.68. The molecule has 0 saturated carbocycles. The second-order valence-electron chi connectivity index (χ2n) is 4.55. The van der Waals surface area contributed by atoms with E-state index in [0.29, 0.717) is 6.04 Å². The third-order valence-corrected chi connectivity index (χ3v) is 3.05. The van der Waals surface area contributed by atoms with Crippen molar-refractivity contribution in [2.45, 2.75) is 39.2 Å². The molecule has 1 N–H and O–H groups in total. The lowest BCUT2D eigenvalue weighted by Crippen LogP contribution is -2.23. The van der Waals surface area contributed by atoms with Crippen molar-refractivity contribution >= 4 is 0 Å². The van der Waals surface area contributed by atoms with E-state index in [1.807, 2.05) is 0 Å². The Bertz CT molecular complexity index is 347. The zero-order valence-corrected chi connectivity index (χ0v) is 9.59. The maximum absolute atomic E-state index is 3.62. The minimum absolute atomic E-state index is 0.636. The molecule has 1 saturated heterocycles. The summed E-state index contributed by atoms with van der Waals surface area (Å²) in [5.74, 6) is 0. The van der Waals surface area contributed by atoms with Gasteiger partial charge in [0.1, 0.15) is 0 Å². The number of nitrogens with one attached hydrogen (secondary N) is 1. The molecule has 1 aliphatic heterocycles. The fourth-order valence-electron chi connectivity index (χ4n) is 2.16. The van der Waals surface area contributed by atoms with Crippen LogP contribution in [-0.4, -0.2) is 6.04 Å². The maximum atomic E-state index is 3.62. The number of rotatable bonds is 2. The molecule has 1 aromatic rings. The van der Waals surface area contributed by atoms with Crippen molar-refractivity contribution < 1.29 is 0 Å². The Morgan fingerprint density at radius 3 is 2.60 bits per heavy atom. The van der Waals surface area contributed by atoms with Crippen LogP contribution >= 0.6 is 0 Å². The molecule has 0 radical (unpaired) electrons. The molecule has 1 fully saturated rings. The van der Waals surface area contributed by atoms with E-state index in [-0.39, 0.29) is 0 Å². The molecular weight excluding hydrogens is 182 g/mol. The smallest absolute Gasteiger partial charge is 0.0302 e. The van der Waals surface area contributed by atoms with E-state index in [0.717, 1.165) is 6.42 Å². The molecule has 2 rings (SSSR count). The van der Waals surface area contributed by atoms with Crippen molar-refractivity contribution in [3.05, 3.63) is 47.2 Å². The highest BCUT2D eigenvalue weighted by atomic mass is 15.0. The first kappa shape index (κ1) is 10.3. The SMILES string of the molecule is CC(C)=C1CCC(Cc2ccccc2)N1. The topological polar surface area (TPSA) is 12.0 Å². The summed E-state index contributed by atoms with van der Waals surface area (Å²) in [6.07, 6.45) is 3.65. The van der Waals surface area contributed by atoms with E-state index >= 15 is 0 Å². The van der Waals surface area contributed by atoms with Gasteiger partial charge < -0.3 is 5.32 Å². The van der Waals surface area contributed by atoms with Crippen LogP contribution in [0.1, 0.15) is 32.3 Å². The van der Waals surface area contributed by atoms with Crippen LogP contribution in [0.25, 0.3) is 0 Å². The van der Waals surface area contributed by atoms with Gasteiger partial charge in [-0.3, -0.25) is 0 Å². The fraction of sp³-hybridized carbons (Fsp3) is 0.429. The maximum Gasteiger partial charge on any atom is 0.0302 e. The lowest BCUT2D eigenvalue weighted by Gasteiger charge is -2.11. The summed E-state index contributed by atoms with van der Waals surface area (Å²) >= 11 is 0. The zero-order valence-electron chi connectivity index (χ0n) is 9.59. The van der Waals surface area contributed by atoms with Crippen molar-refractivity contribution in [3.63, 3.8) is 0 Å². The summed E-state index contributed by atoms with van der Waals surface area (Å²) in [4.78, 5) is 0. The molecule has 80 valence electrons. The molecule has 0 amide bonds. The molecule has 1 heterocycles. The van der Waals surface area contributed by atoms with Crippen LogP contribution < -0.4 is 5.32 Å². The van der Waals surface area contributed by atoms with Crippen molar-refractivity contribution in [1.82, 2.24) is 5.32 Å². The number of hydrogen-bond acceptors (Lipinski definition) is 1. The number of hydrogen-bond donors (Lipinski definition) is 1. The molecule has 1 nitrogen and oxygen atoms in total. The summed E-state index contributed by atoms with van der Waals surface area (Å²) in [5, 5.41) is 3.62. The normalized spacial score (nSPS) is 20.1. The van der Waals surface area contributed by atoms with Crippen LogP contribution in [0.5, 0.6) is 0 Å². The molecule has 0 aromatic heterocycles. The van der Waals surface area contributed by atoms with Gasteiger partial charge in [0.05, 0.1) is 0 Å². The molecule has 1 atom stereocenters. The van der Waals surface area contributed by atoms with E-state index in [2.05, 4.69) is 49.5 Å². The lowest BCUT2D eigenvalue weighted by atomic mass is 10.0. The van der Waals surface area contributed by atoms with E-state index in [4.69, 9.17) is 0 Å². The first-order valence-electron chi connectivity index (χ1n) is 5.72. The molecule has 15 heavy (non-hydrogen) atoms. The van der Waals surface area contributed by atoms with Crippen molar-refractivity contribution in [3.8, 4) is 0 Å². The Morgan fingerprint density at radius 2 is 2.00 bits per heavy atom. The Labute approximate surface area is 92.2 Å². The van der Waals surface area contributed by atoms with Crippen molar-refractivity contribution in [2.24, 2.45) is 0 Å². The van der Waals surface area contributed by atoms with Crippen LogP contribution in [0.15, 0.2) is 41.6 Å². The molecular formula is C14H19N. The van der Waals surface area contributed by atoms with Gasteiger partial charge in [0, 0.05) is 11.7 Å². The van der Waals surface area contributed by atoms with E-state index in [1.165, 1.54) is 29.7 Å². The first-order chi connectivity index (χ1) is 7.25. The van der Waals surface area contributed by atoms with E-state index < -0.39 is 0 Å². The monoisotopic (exact) mass is 201 g/mol. The first-order valence-corrected chi connectivity index (χ1v) is 5.72. The standard InChI is InChI=1S/C14H19N/c1-11(2)14-9-8-13(15-14)10-12-6-4-3-5-7-12/h3-7,13,15H,8-10H2,1-2H3. The summed E-state index contributed by atoms with van der Waals surface area (Å²) in [5.41, 5.74) is 4.33. The highest BCUT2D eigenvalue weighted by Gasteiger charge is 2.18. The van der Waals surface area contributed by atoms with Gasteiger partial charge in [0.25, 0.3) is 0 Å². The highest BCUT2D eigenvalue weighted by molar-refractivity contribution is 5.19. The van der Waals surface area contributed by atoms with Crippen molar-refractivity contribution in [1.29, 1.82) is 0 Å². The molecule has 0 aliphatic carbocycles. The molecule has 0 bridgehead atoms. The summed E-state index contributed by atoms with van der Waals surface area (Å²) in [6, 6.07) is 11.4. The van der Waals surface area contributed by atoms with E-state index in [1.54, 1.807) is 0 Å². The molecule has 1 aliphatic rings. The van der Waals surface area contributed by atoms with Crippen LogP contribution in [-0.2, 0) is 6.42 Å². The van der Waals surface area contributed by atoms with Gasteiger partial charge in [0.2, 0.25) is 0 Å². The van der Waals surface area contributed by atoms with Gasteiger partial charge in [-0.05, 0) is 38.7 Å². The number of benzene rings is 1. The second-order valence-corrected chi connectivity index (χ2v) is 4.55. The van der Waals surface area contributed by atoms with Crippen molar-refractivity contribution in [2.75, 3.05) is 0 Å². The average molecular weight is 201 g/mol. The van der Waals surface area contributed by atoms with Crippen LogP contribution in [0.2, 0.25) is 0 Å². The molecule has 1 heteroatoms. The van der Waals surface area contributed by atoms with Gasteiger partial charge in [-0.1, -0.05) is 35.9 Å². The second kappa shape index (κ2) is 4.52. The molecule has 1 aromatic carbocycles. The third kappa shape index (κ3) is 2.62. The van der Waals surface area contributed by atoms with Crippen LogP contribution in [0, 0.1) is 0 Å². The van der Waals surface area contributed by atoms with E-state index in [9.17, 15) is 0 Å². The Hall–Kier alpha value is -1.24. The summed E-state index contributed by atoms with van der Waals surface area (Å²) in [7, 11) is 0. The van der Waals surface area contributed by atoms with Gasteiger partial charge in [-0.2, -0.15) is 0 Å². The number of allylic oxidation sites excluding steroid dienone is 2. The Morgan fingerprint density at radius 1 is 1.27 bits per heavy atom. The summed E-state index contributed by atoms with van der Waals surface area (Å²) < 4.78 is 0. The lowest BCUT2D eigenvalue weighted by molar-refractivity contribution is 0.615. The van der Waals surface area contributed by atoms with Gasteiger partial charge in [-0.15, -0.1) is 0 Å².